The Hall–Kier alpha value is -2.16. The number of anilines is 1. The molecule has 0 aliphatic carbocycles. The quantitative estimate of drug-likeness (QED) is 0.718. The summed E-state index contributed by atoms with van der Waals surface area (Å²) < 4.78 is 0. The lowest BCUT2D eigenvalue weighted by atomic mass is 10.1. The van der Waals surface area contributed by atoms with Crippen LogP contribution in [0.5, 0.6) is 0 Å². The highest BCUT2D eigenvalue weighted by Crippen LogP contribution is 2.19. The van der Waals surface area contributed by atoms with Crippen molar-refractivity contribution in [3.05, 3.63) is 11.6 Å². The zero-order chi connectivity index (χ0) is 19.1. The van der Waals surface area contributed by atoms with Crippen LogP contribution in [0.15, 0.2) is 11.6 Å². The number of nitrogens with zero attached hydrogens (tertiary/aromatic N) is 3. The van der Waals surface area contributed by atoms with Gasteiger partial charge in [0, 0.05) is 44.2 Å². The topological polar surface area (TPSA) is 109 Å². The molecule has 26 heavy (non-hydrogen) atoms. The molecule has 2 heterocycles. The van der Waals surface area contributed by atoms with Gasteiger partial charge in [0.05, 0.1) is 6.42 Å². The Bertz CT molecular complexity index is 620. The van der Waals surface area contributed by atoms with Crippen molar-refractivity contribution >= 4 is 34.2 Å². The Morgan fingerprint density at radius 1 is 1.23 bits per heavy atom. The van der Waals surface area contributed by atoms with Gasteiger partial charge < -0.3 is 20.9 Å². The molecule has 2 rings (SSSR count). The number of primary amides is 1. The van der Waals surface area contributed by atoms with Gasteiger partial charge in [-0.1, -0.05) is 13.8 Å². The number of aromatic nitrogens is 1. The average Bonchev–Trinajstić information content (AvgIpc) is 2.97. The number of rotatable bonds is 7. The third-order valence-electron chi connectivity index (χ3n) is 4.13. The van der Waals surface area contributed by atoms with Crippen molar-refractivity contribution in [2.75, 3.05) is 31.1 Å². The Morgan fingerprint density at radius 2 is 2.00 bits per heavy atom. The van der Waals surface area contributed by atoms with Crippen LogP contribution >= 0.6 is 11.3 Å². The number of carbonyl (C=O) groups excluding carboxylic acids is 3. The fraction of sp³-hybridized carbons (Fsp3) is 0.647. The van der Waals surface area contributed by atoms with Gasteiger partial charge in [-0.15, -0.1) is 11.3 Å². The van der Waals surface area contributed by atoms with E-state index in [1.54, 1.807) is 22.4 Å². The Kier molecular flexibility index (Phi) is 7.38. The van der Waals surface area contributed by atoms with Crippen molar-refractivity contribution < 1.29 is 14.4 Å². The van der Waals surface area contributed by atoms with E-state index in [2.05, 4.69) is 15.2 Å². The minimum Gasteiger partial charge on any atom is -0.370 e. The van der Waals surface area contributed by atoms with Gasteiger partial charge in [0.15, 0.2) is 5.13 Å². The minimum atomic E-state index is -0.898. The summed E-state index contributed by atoms with van der Waals surface area (Å²) in [7, 11) is 0. The lowest BCUT2D eigenvalue weighted by Crippen LogP contribution is -2.51. The molecule has 3 amide bonds. The van der Waals surface area contributed by atoms with Crippen molar-refractivity contribution in [3.8, 4) is 0 Å². The van der Waals surface area contributed by atoms with Gasteiger partial charge in [-0.05, 0) is 12.3 Å². The summed E-state index contributed by atoms with van der Waals surface area (Å²) in [4.78, 5) is 44.5. The predicted molar refractivity (Wildman–Crippen MR) is 101 cm³/mol. The van der Waals surface area contributed by atoms with Gasteiger partial charge in [-0.2, -0.15) is 0 Å². The zero-order valence-corrected chi connectivity index (χ0v) is 16.1. The van der Waals surface area contributed by atoms with E-state index in [4.69, 9.17) is 5.73 Å². The highest BCUT2D eigenvalue weighted by atomic mass is 32.1. The van der Waals surface area contributed by atoms with E-state index >= 15 is 0 Å². The van der Waals surface area contributed by atoms with Crippen LogP contribution in [0.2, 0.25) is 0 Å². The van der Waals surface area contributed by atoms with Crippen LogP contribution in [0.4, 0.5) is 5.13 Å². The predicted octanol–water partition coefficient (Wildman–Crippen LogP) is 0.588. The highest BCUT2D eigenvalue weighted by Gasteiger charge is 2.29. The van der Waals surface area contributed by atoms with E-state index in [1.807, 2.05) is 19.2 Å². The Balaban J connectivity index is 1.99. The van der Waals surface area contributed by atoms with Crippen LogP contribution in [-0.2, 0) is 14.4 Å². The van der Waals surface area contributed by atoms with Gasteiger partial charge in [0.1, 0.15) is 6.04 Å². The normalized spacial score (nSPS) is 16.3. The first kappa shape index (κ1) is 20.2. The summed E-state index contributed by atoms with van der Waals surface area (Å²) in [5.41, 5.74) is 5.28. The third kappa shape index (κ3) is 5.98. The summed E-state index contributed by atoms with van der Waals surface area (Å²) in [6.07, 6.45) is 2.69. The van der Waals surface area contributed by atoms with Crippen molar-refractivity contribution in [2.45, 2.75) is 39.2 Å². The standard InChI is InChI=1S/C17H27N5O3S/c1-12(2)10-15(24)20-13(11-14(18)23)16(25)21-5-3-6-22(8-7-21)17-19-4-9-26-17/h4,9,12-13H,3,5-8,10-11H2,1-2H3,(H2,18,23)(H,20,24). The monoisotopic (exact) mass is 381 g/mol. The molecule has 0 saturated carbocycles. The molecule has 1 atom stereocenters. The maximum atomic E-state index is 12.9. The molecule has 1 aromatic heterocycles. The van der Waals surface area contributed by atoms with E-state index in [0.717, 1.165) is 18.1 Å². The molecule has 1 aromatic rings. The first-order valence-corrected chi connectivity index (χ1v) is 9.75. The van der Waals surface area contributed by atoms with Crippen LogP contribution in [0, 0.1) is 5.92 Å². The molecule has 9 heteroatoms. The molecule has 0 aromatic carbocycles. The molecule has 1 aliphatic heterocycles. The molecule has 3 N–H and O–H groups in total. The number of nitrogens with two attached hydrogens (primary N) is 1. The smallest absolute Gasteiger partial charge is 0.245 e. The average molecular weight is 382 g/mol. The second kappa shape index (κ2) is 9.51. The first-order valence-electron chi connectivity index (χ1n) is 8.87. The van der Waals surface area contributed by atoms with E-state index < -0.39 is 11.9 Å². The lowest BCUT2D eigenvalue weighted by Gasteiger charge is -2.26. The third-order valence-corrected chi connectivity index (χ3v) is 4.96. The molecular formula is C17H27N5O3S. The molecule has 0 radical (unpaired) electrons. The van der Waals surface area contributed by atoms with Crippen LogP contribution in [-0.4, -0.2) is 59.8 Å². The summed E-state index contributed by atoms with van der Waals surface area (Å²) in [5, 5.41) is 5.55. The molecular weight excluding hydrogens is 354 g/mol. The second-order valence-electron chi connectivity index (χ2n) is 6.87. The summed E-state index contributed by atoms with van der Waals surface area (Å²) in [6.45, 7) is 6.43. The van der Waals surface area contributed by atoms with Gasteiger partial charge in [0.25, 0.3) is 0 Å². The maximum Gasteiger partial charge on any atom is 0.245 e. The van der Waals surface area contributed by atoms with E-state index in [0.29, 0.717) is 26.1 Å². The molecule has 0 bridgehead atoms. The fourth-order valence-electron chi connectivity index (χ4n) is 2.95. The number of hydrogen-bond acceptors (Lipinski definition) is 6. The number of thiazole rings is 1. The molecule has 1 aliphatic rings. The Morgan fingerprint density at radius 3 is 2.62 bits per heavy atom. The first-order chi connectivity index (χ1) is 12.4. The zero-order valence-electron chi connectivity index (χ0n) is 15.3. The lowest BCUT2D eigenvalue weighted by molar-refractivity contribution is -0.138. The molecule has 1 fully saturated rings. The summed E-state index contributed by atoms with van der Waals surface area (Å²) in [5.74, 6) is -0.919. The van der Waals surface area contributed by atoms with Crippen molar-refractivity contribution in [1.29, 1.82) is 0 Å². The number of nitrogens with one attached hydrogen (secondary N) is 1. The van der Waals surface area contributed by atoms with Crippen molar-refractivity contribution in [2.24, 2.45) is 11.7 Å². The Labute approximate surface area is 157 Å². The molecule has 8 nitrogen and oxygen atoms in total. The van der Waals surface area contributed by atoms with E-state index in [9.17, 15) is 14.4 Å². The maximum absolute atomic E-state index is 12.9. The number of amides is 3. The molecule has 1 unspecified atom stereocenters. The van der Waals surface area contributed by atoms with Crippen LogP contribution in [0.3, 0.4) is 0 Å². The summed E-state index contributed by atoms with van der Waals surface area (Å²) in [6, 6.07) is -0.898. The van der Waals surface area contributed by atoms with Crippen LogP contribution in [0.25, 0.3) is 0 Å². The van der Waals surface area contributed by atoms with Gasteiger partial charge in [0.2, 0.25) is 17.7 Å². The van der Waals surface area contributed by atoms with Gasteiger partial charge in [-0.3, -0.25) is 14.4 Å². The van der Waals surface area contributed by atoms with Crippen LogP contribution < -0.4 is 16.0 Å². The van der Waals surface area contributed by atoms with Gasteiger partial charge >= 0.3 is 0 Å². The fourth-order valence-corrected chi connectivity index (χ4v) is 3.64. The highest BCUT2D eigenvalue weighted by molar-refractivity contribution is 7.13. The number of carbonyl (C=O) groups is 3. The van der Waals surface area contributed by atoms with E-state index in [-0.39, 0.29) is 24.2 Å². The minimum absolute atomic E-state index is 0.171. The van der Waals surface area contributed by atoms with Crippen LogP contribution in [0.1, 0.15) is 33.1 Å². The largest absolute Gasteiger partial charge is 0.370 e. The molecule has 1 saturated heterocycles. The van der Waals surface area contributed by atoms with E-state index in [1.165, 1.54) is 0 Å². The number of hydrogen-bond donors (Lipinski definition) is 2. The molecule has 144 valence electrons. The van der Waals surface area contributed by atoms with Gasteiger partial charge in [-0.25, -0.2) is 4.98 Å². The summed E-state index contributed by atoms with van der Waals surface area (Å²) >= 11 is 1.57. The SMILES string of the molecule is CC(C)CC(=O)NC(CC(N)=O)C(=O)N1CCCN(c2nccs2)CC1. The van der Waals surface area contributed by atoms with Crippen molar-refractivity contribution in [1.82, 2.24) is 15.2 Å². The van der Waals surface area contributed by atoms with Crippen molar-refractivity contribution in [3.63, 3.8) is 0 Å². The second-order valence-corrected chi connectivity index (χ2v) is 7.74. The molecule has 0 spiro atoms.